The molecule has 19 heteroatoms. The molecule has 0 spiro atoms. The second kappa shape index (κ2) is 18.2. The SMILES string of the molecule is CCNc1nc(NC(C)(C)C)nc(SC)n1.Nc1c([N+](=O)[O-])ccc(Oc2ccccc2)c1Cl.O=C(O)CNCP(=O)(O)O. The Morgan fingerprint density at radius 3 is 2.25 bits per heavy atom. The molecule has 0 aliphatic carbocycles. The lowest BCUT2D eigenvalue weighted by Gasteiger charge is -2.20. The van der Waals surface area contributed by atoms with Crippen LogP contribution in [0.25, 0.3) is 0 Å². The predicted molar refractivity (Wildman–Crippen MR) is 171 cm³/mol. The highest BCUT2D eigenvalue weighted by atomic mass is 35.5. The Morgan fingerprint density at radius 2 is 1.75 bits per heavy atom. The third-order valence-corrected chi connectivity index (χ3v) is 6.08. The van der Waals surface area contributed by atoms with E-state index < -0.39 is 31.3 Å². The molecule has 0 saturated heterocycles. The van der Waals surface area contributed by atoms with Crippen LogP contribution in [-0.4, -0.2) is 71.9 Å². The average molecular weight is 675 g/mol. The normalized spacial score (nSPS) is 10.8. The highest BCUT2D eigenvalue weighted by Crippen LogP contribution is 2.38. The minimum absolute atomic E-state index is 0.0352. The number of aliphatic carboxylic acids is 1. The molecule has 0 amide bonds. The fourth-order valence-electron chi connectivity index (χ4n) is 2.80. The predicted octanol–water partition coefficient (Wildman–Crippen LogP) is 4.65. The summed E-state index contributed by atoms with van der Waals surface area (Å²) < 4.78 is 15.5. The molecule has 242 valence electrons. The molecule has 0 unspecified atom stereocenters. The molecule has 0 radical (unpaired) electrons. The number of benzene rings is 2. The van der Waals surface area contributed by atoms with Gasteiger partial charge in [-0.25, -0.2) is 0 Å². The molecule has 1 heterocycles. The minimum atomic E-state index is -4.10. The first kappa shape index (κ1) is 38.3. The van der Waals surface area contributed by atoms with Crippen LogP contribution in [0.4, 0.5) is 23.3 Å². The lowest BCUT2D eigenvalue weighted by Crippen LogP contribution is -2.27. The second-order valence-corrected chi connectivity index (χ2v) is 12.3. The van der Waals surface area contributed by atoms with Gasteiger partial charge in [-0.1, -0.05) is 41.6 Å². The van der Waals surface area contributed by atoms with Crippen LogP contribution in [0.2, 0.25) is 5.02 Å². The van der Waals surface area contributed by atoms with Gasteiger partial charge in [0.25, 0.3) is 5.69 Å². The summed E-state index contributed by atoms with van der Waals surface area (Å²) in [6.45, 7) is 8.59. The van der Waals surface area contributed by atoms with E-state index in [1.165, 1.54) is 23.9 Å². The number of halogens is 1. The fraction of sp³-hybridized carbons (Fsp3) is 0.360. The summed E-state index contributed by atoms with van der Waals surface area (Å²) >= 11 is 7.44. The molecule has 0 aliphatic heterocycles. The third-order valence-electron chi connectivity index (χ3n) is 4.50. The Kier molecular flexibility index (Phi) is 15.8. The minimum Gasteiger partial charge on any atom is -0.480 e. The molecule has 0 fully saturated rings. The van der Waals surface area contributed by atoms with Crippen LogP contribution in [0.3, 0.4) is 0 Å². The smallest absolute Gasteiger partial charge is 0.339 e. The van der Waals surface area contributed by atoms with Gasteiger partial charge in [0, 0.05) is 18.2 Å². The van der Waals surface area contributed by atoms with Gasteiger partial charge in [0.2, 0.25) is 11.9 Å². The first-order valence-corrected chi connectivity index (χ1v) is 16.1. The Bertz CT molecular complexity index is 1430. The number of para-hydroxylation sites is 1. The summed E-state index contributed by atoms with van der Waals surface area (Å²) in [5.41, 5.74) is 5.19. The Labute approximate surface area is 263 Å². The van der Waals surface area contributed by atoms with Crippen molar-refractivity contribution in [3.8, 4) is 11.5 Å². The van der Waals surface area contributed by atoms with Gasteiger partial charge in [0.1, 0.15) is 22.2 Å². The number of nitro benzene ring substituents is 1. The fourth-order valence-corrected chi connectivity index (χ4v) is 3.76. The molecule has 8 N–H and O–H groups in total. The highest BCUT2D eigenvalue weighted by Gasteiger charge is 2.18. The van der Waals surface area contributed by atoms with E-state index in [4.69, 9.17) is 37.0 Å². The number of hydrogen-bond acceptors (Lipinski definition) is 13. The Hall–Kier alpha value is -3.73. The summed E-state index contributed by atoms with van der Waals surface area (Å²) in [7, 11) is -4.10. The topological polar surface area (TPSA) is 248 Å². The quantitative estimate of drug-likeness (QED) is 0.0480. The monoisotopic (exact) mass is 674 g/mol. The van der Waals surface area contributed by atoms with E-state index >= 15 is 0 Å². The van der Waals surface area contributed by atoms with Crippen molar-refractivity contribution in [3.63, 3.8) is 0 Å². The standard InChI is InChI=1S/C12H9ClN2O3.C10H19N5S.C3H8NO5P/c13-11-10(18-8-4-2-1-3-5-8)7-6-9(12(11)14)15(16)17;1-6-11-7-12-8(15-10(2,3)4)14-9(13-7)16-5;5-3(6)1-4-2-10(7,8)9/h1-7H,14H2;6H2,1-5H3,(H2,11,12,13,14,15);4H,1-2H2,(H,5,6)(H2,7,8,9). The largest absolute Gasteiger partial charge is 0.480 e. The number of carboxylic acids is 1. The number of aromatic nitrogens is 3. The number of carboxylic acid groups (broad SMARTS) is 1. The number of anilines is 3. The number of nitrogen functional groups attached to an aromatic ring is 1. The summed E-state index contributed by atoms with van der Waals surface area (Å²) in [4.78, 5) is 49.1. The number of thioether (sulfide) groups is 1. The van der Waals surface area contributed by atoms with Gasteiger partial charge in [0.15, 0.2) is 5.16 Å². The molecule has 2 aromatic carbocycles. The van der Waals surface area contributed by atoms with Gasteiger partial charge in [-0.15, -0.1) is 0 Å². The van der Waals surface area contributed by atoms with Gasteiger partial charge < -0.3 is 36.0 Å². The van der Waals surface area contributed by atoms with Crippen LogP contribution in [0.5, 0.6) is 11.5 Å². The number of nitrogens with one attached hydrogen (secondary N) is 3. The maximum Gasteiger partial charge on any atom is 0.339 e. The van der Waals surface area contributed by atoms with Crippen molar-refractivity contribution in [2.45, 2.75) is 38.4 Å². The van der Waals surface area contributed by atoms with Gasteiger partial charge in [-0.2, -0.15) is 15.0 Å². The van der Waals surface area contributed by atoms with Gasteiger partial charge in [-0.05, 0) is 52.1 Å². The van der Waals surface area contributed by atoms with Crippen molar-refractivity contribution in [1.82, 2.24) is 20.3 Å². The molecule has 0 saturated carbocycles. The zero-order valence-electron chi connectivity index (χ0n) is 24.6. The molecule has 0 aliphatic rings. The lowest BCUT2D eigenvalue weighted by molar-refractivity contribution is -0.383. The molecule has 3 aromatic rings. The number of rotatable bonds is 11. The van der Waals surface area contributed by atoms with Gasteiger partial charge in [-0.3, -0.25) is 24.8 Å². The van der Waals surface area contributed by atoms with Crippen molar-refractivity contribution in [1.29, 1.82) is 0 Å². The first-order chi connectivity index (χ1) is 20.5. The number of nitro groups is 1. The Morgan fingerprint density at radius 1 is 1.14 bits per heavy atom. The molecule has 3 rings (SSSR count). The number of nitrogens with zero attached hydrogens (tertiary/aromatic N) is 4. The van der Waals surface area contributed by atoms with E-state index in [9.17, 15) is 19.5 Å². The zero-order chi connectivity index (χ0) is 33.5. The molecule has 44 heavy (non-hydrogen) atoms. The first-order valence-electron chi connectivity index (χ1n) is 12.7. The maximum absolute atomic E-state index is 10.7. The summed E-state index contributed by atoms with van der Waals surface area (Å²) in [6.07, 6.45) is 1.35. The van der Waals surface area contributed by atoms with Gasteiger partial charge in [0.05, 0.1) is 17.8 Å². The van der Waals surface area contributed by atoms with Crippen LogP contribution in [-0.2, 0) is 9.36 Å². The van der Waals surface area contributed by atoms with Crippen LogP contribution in [0, 0.1) is 10.1 Å². The summed E-state index contributed by atoms with van der Waals surface area (Å²) in [5.74, 6) is 0.948. The van der Waals surface area contributed by atoms with Crippen molar-refractivity contribution < 1.29 is 33.9 Å². The van der Waals surface area contributed by atoms with E-state index in [0.717, 1.165) is 11.7 Å². The Balaban J connectivity index is 0.000000345. The number of nitrogens with two attached hydrogens (primary N) is 1. The van der Waals surface area contributed by atoms with Crippen LogP contribution in [0.15, 0.2) is 47.6 Å². The van der Waals surface area contributed by atoms with Crippen LogP contribution < -0.4 is 26.4 Å². The van der Waals surface area contributed by atoms with E-state index in [0.29, 0.717) is 17.6 Å². The van der Waals surface area contributed by atoms with Gasteiger partial charge >= 0.3 is 13.6 Å². The van der Waals surface area contributed by atoms with Crippen LogP contribution >= 0.6 is 31.0 Å². The third kappa shape index (κ3) is 15.7. The number of carbonyl (C=O) groups is 1. The molecular weight excluding hydrogens is 639 g/mol. The molecule has 0 atom stereocenters. The summed E-state index contributed by atoms with van der Waals surface area (Å²) in [5, 5.41) is 27.8. The zero-order valence-corrected chi connectivity index (χ0v) is 27.1. The molecule has 16 nitrogen and oxygen atoms in total. The van der Waals surface area contributed by atoms with E-state index in [1.807, 2.05) is 19.2 Å². The second-order valence-electron chi connectivity index (χ2n) is 9.50. The van der Waals surface area contributed by atoms with Crippen molar-refractivity contribution in [3.05, 3.63) is 57.6 Å². The number of hydrogen-bond donors (Lipinski definition) is 7. The van der Waals surface area contributed by atoms with E-state index in [-0.39, 0.29) is 27.7 Å². The summed E-state index contributed by atoms with van der Waals surface area (Å²) in [6, 6.07) is 11.6. The van der Waals surface area contributed by atoms with Crippen LogP contribution in [0.1, 0.15) is 27.7 Å². The van der Waals surface area contributed by atoms with Crippen molar-refractivity contribution in [2.75, 3.05) is 42.0 Å². The molecular formula is C25H36ClN8O8PS. The lowest BCUT2D eigenvalue weighted by atomic mass is 10.1. The highest BCUT2D eigenvalue weighted by molar-refractivity contribution is 7.98. The average Bonchev–Trinajstić information content (AvgIpc) is 2.90. The molecule has 1 aromatic heterocycles. The van der Waals surface area contributed by atoms with E-state index in [2.05, 4.69) is 51.7 Å². The van der Waals surface area contributed by atoms with Crippen molar-refractivity contribution >= 4 is 60.2 Å². The van der Waals surface area contributed by atoms with E-state index in [1.54, 1.807) is 24.3 Å². The molecule has 0 bridgehead atoms. The van der Waals surface area contributed by atoms with Crippen molar-refractivity contribution in [2.24, 2.45) is 0 Å². The maximum atomic E-state index is 10.7. The number of ether oxygens (including phenoxy) is 1.